The number of carboxylic acids is 1. The number of nitrogens with zero attached hydrogens (tertiary/aromatic N) is 4. The Hall–Kier alpha value is -2.63. The predicted molar refractivity (Wildman–Crippen MR) is 103 cm³/mol. The predicted octanol–water partition coefficient (Wildman–Crippen LogP) is 2.45. The second-order valence-corrected chi connectivity index (χ2v) is 7.79. The van der Waals surface area contributed by atoms with Gasteiger partial charge in [0.25, 0.3) is 0 Å². The third-order valence-electron chi connectivity index (χ3n) is 5.04. The number of hydrogen-bond donors (Lipinski definition) is 1. The standard InChI is InChI=1S/C17H25FN4O2.C2HF3O2/c1-20(2)16(23)22-8-4-6-17(12-22)11-21(9-10-24-13-17)15-14(18)5-3-7-19-15;3-2(4,5)1(6)7/h3,5,7H,4,6,8-13H2,1-2H3;(H,6,7). The molecule has 1 aromatic heterocycles. The summed E-state index contributed by atoms with van der Waals surface area (Å²) in [6, 6.07) is 3.05. The van der Waals surface area contributed by atoms with Crippen LogP contribution in [0.2, 0.25) is 0 Å². The Labute approximate surface area is 177 Å². The molecule has 3 heterocycles. The molecule has 2 saturated heterocycles. The van der Waals surface area contributed by atoms with Gasteiger partial charge in [-0.25, -0.2) is 19.0 Å². The van der Waals surface area contributed by atoms with E-state index < -0.39 is 12.1 Å². The molecule has 174 valence electrons. The zero-order chi connectivity index (χ0) is 23.2. The average molecular weight is 450 g/mol. The van der Waals surface area contributed by atoms with Crippen LogP contribution in [0, 0.1) is 11.2 Å². The molecule has 0 saturated carbocycles. The van der Waals surface area contributed by atoms with E-state index in [9.17, 15) is 22.4 Å². The van der Waals surface area contributed by atoms with Crippen molar-refractivity contribution in [3.63, 3.8) is 0 Å². The summed E-state index contributed by atoms with van der Waals surface area (Å²) in [6.07, 6.45) is -1.57. The average Bonchev–Trinajstić information content (AvgIpc) is 2.90. The van der Waals surface area contributed by atoms with E-state index in [2.05, 4.69) is 4.98 Å². The summed E-state index contributed by atoms with van der Waals surface area (Å²) < 4.78 is 51.7. The summed E-state index contributed by atoms with van der Waals surface area (Å²) in [5.41, 5.74) is -0.176. The zero-order valence-electron chi connectivity index (χ0n) is 17.4. The molecular weight excluding hydrogens is 424 g/mol. The molecule has 0 aromatic carbocycles. The minimum absolute atomic E-state index is 0.0221. The smallest absolute Gasteiger partial charge is 0.475 e. The van der Waals surface area contributed by atoms with E-state index in [1.54, 1.807) is 31.3 Å². The molecule has 1 aromatic rings. The van der Waals surface area contributed by atoms with Gasteiger partial charge >= 0.3 is 18.2 Å². The van der Waals surface area contributed by atoms with Gasteiger partial charge in [-0.1, -0.05) is 0 Å². The minimum atomic E-state index is -5.08. The van der Waals surface area contributed by atoms with Crippen LogP contribution in [-0.4, -0.2) is 91.6 Å². The largest absolute Gasteiger partial charge is 0.490 e. The van der Waals surface area contributed by atoms with Gasteiger partial charge in [0.2, 0.25) is 0 Å². The quantitative estimate of drug-likeness (QED) is 0.662. The van der Waals surface area contributed by atoms with E-state index >= 15 is 0 Å². The molecule has 0 bridgehead atoms. The topological polar surface area (TPSA) is 86.2 Å². The lowest BCUT2D eigenvalue weighted by molar-refractivity contribution is -0.192. The van der Waals surface area contributed by atoms with Crippen molar-refractivity contribution in [3.05, 3.63) is 24.1 Å². The maximum atomic E-state index is 14.2. The van der Waals surface area contributed by atoms with Crippen molar-refractivity contribution in [2.75, 3.05) is 58.4 Å². The van der Waals surface area contributed by atoms with Crippen LogP contribution in [0.15, 0.2) is 18.3 Å². The molecule has 8 nitrogen and oxygen atoms in total. The number of piperidine rings is 1. The van der Waals surface area contributed by atoms with Gasteiger partial charge in [0.15, 0.2) is 11.6 Å². The van der Waals surface area contributed by atoms with Gasteiger partial charge < -0.3 is 24.5 Å². The Kier molecular flexibility index (Phi) is 8.04. The summed E-state index contributed by atoms with van der Waals surface area (Å²) in [6.45, 7) is 3.79. The first-order chi connectivity index (χ1) is 14.4. The number of carboxylic acid groups (broad SMARTS) is 1. The Bertz CT molecular complexity index is 778. The first-order valence-corrected chi connectivity index (χ1v) is 9.65. The summed E-state index contributed by atoms with van der Waals surface area (Å²) in [4.78, 5) is 30.9. The Morgan fingerprint density at radius 3 is 2.52 bits per heavy atom. The first-order valence-electron chi connectivity index (χ1n) is 9.65. The number of urea groups is 1. The lowest BCUT2D eigenvalue weighted by Gasteiger charge is -2.44. The SMILES string of the molecule is CN(C)C(=O)N1CCCC2(COCCN(c3ncccc3F)C2)C1.O=C(O)C(F)(F)F. The molecule has 1 unspecified atom stereocenters. The molecule has 12 heteroatoms. The highest BCUT2D eigenvalue weighted by molar-refractivity contribution is 5.74. The molecule has 2 fully saturated rings. The third kappa shape index (κ3) is 6.68. The van der Waals surface area contributed by atoms with Crippen LogP contribution in [0.25, 0.3) is 0 Å². The van der Waals surface area contributed by atoms with Crippen LogP contribution < -0.4 is 4.90 Å². The van der Waals surface area contributed by atoms with Gasteiger partial charge in [-0.3, -0.25) is 0 Å². The number of hydrogen-bond acceptors (Lipinski definition) is 5. The van der Waals surface area contributed by atoms with E-state index in [1.807, 2.05) is 9.80 Å². The number of pyridine rings is 1. The monoisotopic (exact) mass is 450 g/mol. The number of amides is 2. The van der Waals surface area contributed by atoms with Crippen molar-refractivity contribution in [2.24, 2.45) is 5.41 Å². The number of rotatable bonds is 1. The number of ether oxygens (including phenoxy) is 1. The van der Waals surface area contributed by atoms with Gasteiger partial charge in [0.05, 0.1) is 13.2 Å². The summed E-state index contributed by atoms with van der Waals surface area (Å²) in [5.74, 6) is -2.70. The maximum Gasteiger partial charge on any atom is 0.490 e. The van der Waals surface area contributed by atoms with Crippen LogP contribution in [0.1, 0.15) is 12.8 Å². The minimum Gasteiger partial charge on any atom is -0.475 e. The van der Waals surface area contributed by atoms with Crippen molar-refractivity contribution in [1.82, 2.24) is 14.8 Å². The molecule has 0 aliphatic carbocycles. The number of anilines is 1. The van der Waals surface area contributed by atoms with E-state index in [0.717, 1.165) is 19.4 Å². The maximum absolute atomic E-state index is 14.2. The highest BCUT2D eigenvalue weighted by Crippen LogP contribution is 2.35. The molecule has 2 aliphatic rings. The highest BCUT2D eigenvalue weighted by Gasteiger charge is 2.41. The van der Waals surface area contributed by atoms with Crippen molar-refractivity contribution in [2.45, 2.75) is 19.0 Å². The number of carbonyl (C=O) groups excluding carboxylic acids is 1. The van der Waals surface area contributed by atoms with E-state index in [-0.39, 0.29) is 17.3 Å². The van der Waals surface area contributed by atoms with Gasteiger partial charge in [0.1, 0.15) is 0 Å². The zero-order valence-corrected chi connectivity index (χ0v) is 17.4. The second kappa shape index (κ2) is 10.1. The van der Waals surface area contributed by atoms with E-state index in [1.165, 1.54) is 6.07 Å². The van der Waals surface area contributed by atoms with Crippen LogP contribution in [-0.2, 0) is 9.53 Å². The molecule has 1 atom stereocenters. The molecule has 2 amide bonds. The fourth-order valence-corrected chi connectivity index (χ4v) is 3.68. The highest BCUT2D eigenvalue weighted by atomic mass is 19.4. The van der Waals surface area contributed by atoms with Crippen molar-refractivity contribution >= 4 is 17.8 Å². The third-order valence-corrected chi connectivity index (χ3v) is 5.04. The molecule has 0 radical (unpaired) electrons. The van der Waals surface area contributed by atoms with Crippen LogP contribution in [0.5, 0.6) is 0 Å². The Morgan fingerprint density at radius 1 is 1.26 bits per heavy atom. The van der Waals surface area contributed by atoms with Crippen molar-refractivity contribution in [3.8, 4) is 0 Å². The molecule has 2 aliphatic heterocycles. The van der Waals surface area contributed by atoms with Crippen LogP contribution >= 0.6 is 0 Å². The van der Waals surface area contributed by atoms with E-state index in [0.29, 0.717) is 38.7 Å². The van der Waals surface area contributed by atoms with Crippen LogP contribution in [0.4, 0.5) is 28.2 Å². The van der Waals surface area contributed by atoms with Crippen molar-refractivity contribution < 1.29 is 37.0 Å². The summed E-state index contributed by atoms with van der Waals surface area (Å²) >= 11 is 0. The van der Waals surface area contributed by atoms with E-state index in [4.69, 9.17) is 14.6 Å². The summed E-state index contributed by atoms with van der Waals surface area (Å²) in [7, 11) is 3.53. The number of aliphatic carboxylic acids is 1. The number of halogens is 4. The van der Waals surface area contributed by atoms with Gasteiger partial charge in [0, 0.05) is 51.9 Å². The first kappa shape index (κ1) is 24.6. The number of carbonyl (C=O) groups is 2. The number of likely N-dealkylation sites (tertiary alicyclic amines) is 1. The number of alkyl halides is 3. The van der Waals surface area contributed by atoms with Gasteiger partial charge in [-0.15, -0.1) is 0 Å². The van der Waals surface area contributed by atoms with Crippen molar-refractivity contribution in [1.29, 1.82) is 0 Å². The molecule has 3 rings (SSSR count). The second-order valence-electron chi connectivity index (χ2n) is 7.79. The molecule has 1 spiro atoms. The lowest BCUT2D eigenvalue weighted by Crippen LogP contribution is -2.54. The number of aromatic nitrogens is 1. The fourth-order valence-electron chi connectivity index (χ4n) is 3.68. The normalized spacial score (nSPS) is 21.7. The van der Waals surface area contributed by atoms with Gasteiger partial charge in [-0.05, 0) is 25.0 Å². The lowest BCUT2D eigenvalue weighted by atomic mass is 9.80. The summed E-state index contributed by atoms with van der Waals surface area (Å²) in [5, 5.41) is 7.12. The Morgan fingerprint density at radius 2 is 1.94 bits per heavy atom. The molecular formula is C19H26F4N4O4. The fraction of sp³-hybridized carbons (Fsp3) is 0.632. The molecule has 1 N–H and O–H groups in total. The van der Waals surface area contributed by atoms with Gasteiger partial charge in [-0.2, -0.15) is 13.2 Å². The Balaban J connectivity index is 0.000000423. The molecule has 31 heavy (non-hydrogen) atoms. The van der Waals surface area contributed by atoms with Crippen LogP contribution in [0.3, 0.4) is 0 Å².